The van der Waals surface area contributed by atoms with Gasteiger partial charge >= 0.3 is 0 Å². The van der Waals surface area contributed by atoms with Crippen molar-refractivity contribution in [3.63, 3.8) is 0 Å². The van der Waals surface area contributed by atoms with Crippen LogP contribution in [0.5, 0.6) is 11.5 Å². The summed E-state index contributed by atoms with van der Waals surface area (Å²) in [7, 11) is 1.73. The summed E-state index contributed by atoms with van der Waals surface area (Å²) in [5.74, 6) is 1.24. The van der Waals surface area contributed by atoms with E-state index in [0.29, 0.717) is 11.5 Å². The molecule has 0 radical (unpaired) electrons. The van der Waals surface area contributed by atoms with Crippen molar-refractivity contribution in [2.75, 3.05) is 18.7 Å². The number of carbonyl (C=O) groups excluding carboxylic acids is 1. The van der Waals surface area contributed by atoms with Gasteiger partial charge in [0.05, 0.1) is 11.9 Å². The van der Waals surface area contributed by atoms with Crippen LogP contribution in [-0.4, -0.2) is 31.7 Å². The maximum absolute atomic E-state index is 12.2. The zero-order valence-electron chi connectivity index (χ0n) is 12.4. The number of para-hydroxylation sites is 1. The summed E-state index contributed by atoms with van der Waals surface area (Å²) in [5, 5.41) is 8.16. The lowest BCUT2D eigenvalue weighted by molar-refractivity contribution is -0.111. The van der Waals surface area contributed by atoms with Gasteiger partial charge in [0.2, 0.25) is 6.79 Å². The van der Waals surface area contributed by atoms with Crippen molar-refractivity contribution in [1.29, 1.82) is 0 Å². The van der Waals surface area contributed by atoms with Gasteiger partial charge in [-0.15, -0.1) is 5.10 Å². The molecule has 0 bridgehead atoms. The molecule has 0 fully saturated rings. The zero-order valence-corrected chi connectivity index (χ0v) is 12.4. The number of rotatable bonds is 2. The number of likely N-dealkylation sites (N-methyl/N-ethyl adjacent to an activating group) is 1. The minimum absolute atomic E-state index is 0.158. The molecule has 2 aliphatic rings. The molecule has 2 aromatic carbocycles. The van der Waals surface area contributed by atoms with E-state index in [1.165, 1.54) is 0 Å². The summed E-state index contributed by atoms with van der Waals surface area (Å²) >= 11 is 0. The quantitative estimate of drug-likeness (QED) is 0.631. The maximum atomic E-state index is 12.2. The van der Waals surface area contributed by atoms with E-state index >= 15 is 0 Å². The molecule has 0 aromatic heterocycles. The smallest absolute Gasteiger partial charge is 0.279 e. The van der Waals surface area contributed by atoms with Gasteiger partial charge in [0.15, 0.2) is 17.2 Å². The Bertz CT molecular complexity index is 858. The Morgan fingerprint density at radius 1 is 1.13 bits per heavy atom. The number of carbonyl (C=O) groups is 1. The normalized spacial score (nSPS) is 17.3. The number of amides is 1. The highest BCUT2D eigenvalue weighted by atomic mass is 16.7. The molecule has 0 unspecified atom stereocenters. The summed E-state index contributed by atoms with van der Waals surface area (Å²) in [6.45, 7) is 0.232. The fraction of sp³-hybridized carbons (Fsp3) is 0.118. The summed E-state index contributed by atoms with van der Waals surface area (Å²) in [6.07, 6.45) is 1.59. The van der Waals surface area contributed by atoms with E-state index in [2.05, 4.69) is 10.2 Å². The van der Waals surface area contributed by atoms with Crippen molar-refractivity contribution in [3.05, 3.63) is 53.6 Å². The standard InChI is InChI=1S/C17H13N3O3/c1-20-13-5-3-2-4-12(13)16(17(20)21)19-18-9-11-6-7-14-15(8-11)23-10-22-14/h2-9H,10H2,1H3/b18-9-,19-16-. The topological polar surface area (TPSA) is 63.5 Å². The van der Waals surface area contributed by atoms with Crippen molar-refractivity contribution in [2.45, 2.75) is 0 Å². The van der Waals surface area contributed by atoms with Gasteiger partial charge in [-0.1, -0.05) is 18.2 Å². The highest BCUT2D eigenvalue weighted by Gasteiger charge is 2.30. The van der Waals surface area contributed by atoms with Crippen molar-refractivity contribution in [2.24, 2.45) is 10.2 Å². The van der Waals surface area contributed by atoms with Gasteiger partial charge in [-0.05, 0) is 29.8 Å². The third kappa shape index (κ3) is 2.24. The second-order valence-electron chi connectivity index (χ2n) is 5.19. The van der Waals surface area contributed by atoms with Crippen molar-refractivity contribution < 1.29 is 14.3 Å². The van der Waals surface area contributed by atoms with Gasteiger partial charge < -0.3 is 14.4 Å². The molecule has 6 nitrogen and oxygen atoms in total. The fourth-order valence-corrected chi connectivity index (χ4v) is 2.59. The van der Waals surface area contributed by atoms with Crippen LogP contribution in [0.3, 0.4) is 0 Å². The number of hydrogen-bond donors (Lipinski definition) is 0. The third-order valence-electron chi connectivity index (χ3n) is 3.79. The van der Waals surface area contributed by atoms with Gasteiger partial charge in [0.25, 0.3) is 5.91 Å². The van der Waals surface area contributed by atoms with Crippen LogP contribution >= 0.6 is 0 Å². The van der Waals surface area contributed by atoms with Crippen LogP contribution in [0, 0.1) is 0 Å². The largest absolute Gasteiger partial charge is 0.454 e. The highest BCUT2D eigenvalue weighted by molar-refractivity contribution is 6.54. The molecule has 2 aliphatic heterocycles. The molecule has 0 saturated carbocycles. The van der Waals surface area contributed by atoms with Crippen molar-refractivity contribution >= 4 is 23.5 Å². The Balaban J connectivity index is 1.63. The van der Waals surface area contributed by atoms with E-state index in [4.69, 9.17) is 9.47 Å². The Morgan fingerprint density at radius 2 is 1.96 bits per heavy atom. The van der Waals surface area contributed by atoms with Crippen molar-refractivity contribution in [1.82, 2.24) is 0 Å². The molecule has 1 amide bonds. The van der Waals surface area contributed by atoms with E-state index in [1.807, 2.05) is 42.5 Å². The van der Waals surface area contributed by atoms with E-state index in [9.17, 15) is 4.79 Å². The van der Waals surface area contributed by atoms with E-state index < -0.39 is 0 Å². The second kappa shape index (κ2) is 5.24. The number of ether oxygens (including phenoxy) is 2. The van der Waals surface area contributed by atoms with Crippen molar-refractivity contribution in [3.8, 4) is 11.5 Å². The Labute approximate surface area is 132 Å². The maximum Gasteiger partial charge on any atom is 0.279 e. The molecule has 0 saturated heterocycles. The molecule has 23 heavy (non-hydrogen) atoms. The van der Waals surface area contributed by atoms with Crippen LogP contribution in [0.1, 0.15) is 11.1 Å². The van der Waals surface area contributed by atoms with Crippen LogP contribution < -0.4 is 14.4 Å². The first-order valence-electron chi connectivity index (χ1n) is 7.12. The monoisotopic (exact) mass is 307 g/mol. The first kappa shape index (κ1) is 13.5. The minimum atomic E-state index is -0.158. The Kier molecular flexibility index (Phi) is 3.08. The average molecular weight is 307 g/mol. The molecule has 114 valence electrons. The van der Waals surface area contributed by atoms with E-state index in [1.54, 1.807) is 18.2 Å². The van der Waals surface area contributed by atoms with Gasteiger partial charge in [-0.2, -0.15) is 5.10 Å². The van der Waals surface area contributed by atoms with E-state index in [-0.39, 0.29) is 12.7 Å². The third-order valence-corrected chi connectivity index (χ3v) is 3.79. The average Bonchev–Trinajstić information content (AvgIpc) is 3.13. The molecule has 4 rings (SSSR count). The van der Waals surface area contributed by atoms with Crippen LogP contribution in [0.2, 0.25) is 0 Å². The van der Waals surface area contributed by atoms with Crippen LogP contribution in [0.25, 0.3) is 0 Å². The molecule has 0 N–H and O–H groups in total. The lowest BCUT2D eigenvalue weighted by Gasteiger charge is -2.07. The number of benzene rings is 2. The minimum Gasteiger partial charge on any atom is -0.454 e. The lowest BCUT2D eigenvalue weighted by atomic mass is 10.1. The number of anilines is 1. The molecule has 2 aromatic rings. The van der Waals surface area contributed by atoms with Crippen LogP contribution in [0.15, 0.2) is 52.7 Å². The summed E-state index contributed by atoms with van der Waals surface area (Å²) in [5.41, 5.74) is 2.81. The molecule has 0 atom stereocenters. The Hall–Kier alpha value is -3.15. The molecule has 0 aliphatic carbocycles. The number of hydrogen-bond acceptors (Lipinski definition) is 5. The fourth-order valence-electron chi connectivity index (χ4n) is 2.59. The van der Waals surface area contributed by atoms with Gasteiger partial charge in [0.1, 0.15) is 0 Å². The van der Waals surface area contributed by atoms with Crippen LogP contribution in [0.4, 0.5) is 5.69 Å². The SMILES string of the molecule is CN1C(=O)/C(=N\N=C/c2ccc3c(c2)OCO3)c2ccccc21. The predicted molar refractivity (Wildman–Crippen MR) is 86.5 cm³/mol. The summed E-state index contributed by atoms with van der Waals surface area (Å²) < 4.78 is 10.6. The summed E-state index contributed by atoms with van der Waals surface area (Å²) in [6, 6.07) is 13.0. The number of fused-ring (bicyclic) bond motifs is 2. The first-order valence-corrected chi connectivity index (χ1v) is 7.12. The van der Waals surface area contributed by atoms with Crippen LogP contribution in [-0.2, 0) is 4.79 Å². The lowest BCUT2D eigenvalue weighted by Crippen LogP contribution is -2.25. The van der Waals surface area contributed by atoms with Gasteiger partial charge in [-0.25, -0.2) is 0 Å². The molecule has 0 spiro atoms. The Morgan fingerprint density at radius 3 is 2.87 bits per heavy atom. The van der Waals surface area contributed by atoms with Gasteiger partial charge in [0, 0.05) is 12.6 Å². The molecule has 6 heteroatoms. The molecule has 2 heterocycles. The number of nitrogens with zero attached hydrogens (tertiary/aromatic N) is 3. The first-order chi connectivity index (χ1) is 11.2. The zero-order chi connectivity index (χ0) is 15.8. The second-order valence-corrected chi connectivity index (χ2v) is 5.19. The molecular formula is C17H13N3O3. The molecular weight excluding hydrogens is 294 g/mol. The highest BCUT2D eigenvalue weighted by Crippen LogP contribution is 2.32. The summed E-state index contributed by atoms with van der Waals surface area (Å²) in [4.78, 5) is 13.8. The predicted octanol–water partition coefficient (Wildman–Crippen LogP) is 2.21. The van der Waals surface area contributed by atoms with E-state index in [0.717, 1.165) is 22.6 Å². The van der Waals surface area contributed by atoms with Gasteiger partial charge in [-0.3, -0.25) is 4.79 Å².